The SMILES string of the molecule is NC(=O)CCc1ccc2cc(C(F)(F)F)ccc2n1. The number of alkyl halides is 3. The van der Waals surface area contributed by atoms with Crippen LogP contribution in [0.25, 0.3) is 10.9 Å². The molecule has 0 bridgehead atoms. The van der Waals surface area contributed by atoms with Crippen LogP contribution < -0.4 is 5.73 Å². The van der Waals surface area contributed by atoms with Gasteiger partial charge in [-0.05, 0) is 30.7 Å². The van der Waals surface area contributed by atoms with Crippen LogP contribution in [0, 0.1) is 0 Å². The van der Waals surface area contributed by atoms with Gasteiger partial charge in [0.25, 0.3) is 0 Å². The lowest BCUT2D eigenvalue weighted by Gasteiger charge is -2.08. The van der Waals surface area contributed by atoms with Crippen LogP contribution in [-0.4, -0.2) is 10.9 Å². The Morgan fingerprint density at radius 1 is 1.21 bits per heavy atom. The van der Waals surface area contributed by atoms with Crippen LogP contribution >= 0.6 is 0 Å². The largest absolute Gasteiger partial charge is 0.416 e. The Balaban J connectivity index is 2.32. The Hall–Kier alpha value is -2.11. The van der Waals surface area contributed by atoms with E-state index < -0.39 is 17.6 Å². The monoisotopic (exact) mass is 268 g/mol. The van der Waals surface area contributed by atoms with Crippen molar-refractivity contribution < 1.29 is 18.0 Å². The molecule has 0 aliphatic carbocycles. The van der Waals surface area contributed by atoms with Crippen molar-refractivity contribution >= 4 is 16.8 Å². The Bertz CT molecular complexity index is 623. The van der Waals surface area contributed by atoms with Crippen molar-refractivity contribution in [1.29, 1.82) is 0 Å². The molecule has 0 spiro atoms. The number of primary amides is 1. The van der Waals surface area contributed by atoms with E-state index in [1.807, 2.05) is 0 Å². The van der Waals surface area contributed by atoms with Crippen molar-refractivity contribution in [3.63, 3.8) is 0 Å². The van der Waals surface area contributed by atoms with Crippen LogP contribution in [0.3, 0.4) is 0 Å². The second-order valence-electron chi connectivity index (χ2n) is 4.17. The molecule has 0 fully saturated rings. The fourth-order valence-corrected chi connectivity index (χ4v) is 1.73. The Morgan fingerprint density at radius 3 is 2.58 bits per heavy atom. The molecular weight excluding hydrogens is 257 g/mol. The molecule has 2 aromatic rings. The van der Waals surface area contributed by atoms with E-state index in [4.69, 9.17) is 5.73 Å². The van der Waals surface area contributed by atoms with Gasteiger partial charge in [-0.15, -0.1) is 0 Å². The van der Waals surface area contributed by atoms with E-state index in [9.17, 15) is 18.0 Å². The molecule has 0 aliphatic rings. The lowest BCUT2D eigenvalue weighted by atomic mass is 10.1. The smallest absolute Gasteiger partial charge is 0.370 e. The van der Waals surface area contributed by atoms with Crippen molar-refractivity contribution in [3.8, 4) is 0 Å². The average molecular weight is 268 g/mol. The number of aryl methyl sites for hydroxylation is 1. The summed E-state index contributed by atoms with van der Waals surface area (Å²) >= 11 is 0. The average Bonchev–Trinajstić information content (AvgIpc) is 2.34. The normalized spacial score (nSPS) is 11.7. The number of carbonyl (C=O) groups excluding carboxylic acids is 1. The third kappa shape index (κ3) is 3.21. The van der Waals surface area contributed by atoms with Gasteiger partial charge in [-0.3, -0.25) is 9.78 Å². The minimum absolute atomic E-state index is 0.166. The van der Waals surface area contributed by atoms with Gasteiger partial charge in [0.2, 0.25) is 5.91 Å². The number of halogens is 3. The first-order chi connectivity index (χ1) is 8.86. The highest BCUT2D eigenvalue weighted by Gasteiger charge is 2.30. The molecule has 3 nitrogen and oxygen atoms in total. The topological polar surface area (TPSA) is 56.0 Å². The first kappa shape index (κ1) is 13.3. The number of rotatable bonds is 3. The third-order valence-electron chi connectivity index (χ3n) is 2.70. The molecule has 1 aromatic carbocycles. The van der Waals surface area contributed by atoms with Gasteiger partial charge in [-0.25, -0.2) is 0 Å². The van der Waals surface area contributed by atoms with E-state index in [0.717, 1.165) is 12.1 Å². The van der Waals surface area contributed by atoms with Crippen LogP contribution in [0.5, 0.6) is 0 Å². The standard InChI is InChI=1S/C13H11F3N2O/c14-13(15,16)9-2-5-11-8(7-9)1-3-10(18-11)4-6-12(17)19/h1-3,5,7H,4,6H2,(H2,17,19). The van der Waals surface area contributed by atoms with Gasteiger partial charge in [0.15, 0.2) is 0 Å². The second-order valence-corrected chi connectivity index (χ2v) is 4.17. The lowest BCUT2D eigenvalue weighted by molar-refractivity contribution is -0.137. The van der Waals surface area contributed by atoms with E-state index in [-0.39, 0.29) is 6.42 Å². The van der Waals surface area contributed by atoms with Crippen molar-refractivity contribution in [2.75, 3.05) is 0 Å². The molecule has 1 aromatic heterocycles. The highest BCUT2D eigenvalue weighted by molar-refractivity contribution is 5.79. The van der Waals surface area contributed by atoms with Crippen LogP contribution in [0.15, 0.2) is 30.3 Å². The summed E-state index contributed by atoms with van der Waals surface area (Å²) in [5, 5.41) is 0.414. The molecule has 2 N–H and O–H groups in total. The van der Waals surface area contributed by atoms with E-state index in [0.29, 0.717) is 23.0 Å². The Kier molecular flexibility index (Phi) is 3.42. The first-order valence-corrected chi connectivity index (χ1v) is 5.61. The van der Waals surface area contributed by atoms with Gasteiger partial charge < -0.3 is 5.73 Å². The fraction of sp³-hybridized carbons (Fsp3) is 0.231. The van der Waals surface area contributed by atoms with Crippen LogP contribution in [-0.2, 0) is 17.4 Å². The zero-order valence-corrected chi connectivity index (χ0v) is 9.87. The molecule has 19 heavy (non-hydrogen) atoms. The Morgan fingerprint density at radius 2 is 1.95 bits per heavy atom. The summed E-state index contributed by atoms with van der Waals surface area (Å²) in [7, 11) is 0. The number of amides is 1. The summed E-state index contributed by atoms with van der Waals surface area (Å²) in [6, 6.07) is 6.54. The number of hydrogen-bond donors (Lipinski definition) is 1. The number of fused-ring (bicyclic) bond motifs is 1. The van der Waals surface area contributed by atoms with E-state index >= 15 is 0 Å². The first-order valence-electron chi connectivity index (χ1n) is 5.61. The van der Waals surface area contributed by atoms with Crippen LogP contribution in [0.4, 0.5) is 13.2 Å². The molecule has 0 unspecified atom stereocenters. The maximum atomic E-state index is 12.5. The number of carbonyl (C=O) groups is 1. The third-order valence-corrected chi connectivity index (χ3v) is 2.70. The minimum atomic E-state index is -4.36. The predicted octanol–water partition coefficient (Wildman–Crippen LogP) is 2.67. The van der Waals surface area contributed by atoms with Gasteiger partial charge in [-0.1, -0.05) is 6.07 Å². The molecule has 1 amide bonds. The molecule has 0 radical (unpaired) electrons. The number of nitrogens with two attached hydrogens (primary N) is 1. The summed E-state index contributed by atoms with van der Waals surface area (Å²) in [5.41, 5.74) is 5.42. The molecule has 0 atom stereocenters. The molecule has 6 heteroatoms. The van der Waals surface area contributed by atoms with Gasteiger partial charge in [0.1, 0.15) is 0 Å². The highest BCUT2D eigenvalue weighted by atomic mass is 19.4. The summed E-state index contributed by atoms with van der Waals surface area (Å²) in [4.78, 5) is 14.9. The molecule has 0 saturated carbocycles. The van der Waals surface area contributed by atoms with Gasteiger partial charge >= 0.3 is 6.18 Å². The maximum Gasteiger partial charge on any atom is 0.416 e. The number of pyridine rings is 1. The van der Waals surface area contributed by atoms with E-state index in [1.165, 1.54) is 6.07 Å². The Labute approximate surface area is 107 Å². The van der Waals surface area contributed by atoms with Crippen molar-refractivity contribution in [2.45, 2.75) is 19.0 Å². The van der Waals surface area contributed by atoms with Crippen LogP contribution in [0.1, 0.15) is 17.7 Å². The maximum absolute atomic E-state index is 12.5. The number of benzene rings is 1. The molecule has 2 rings (SSSR count). The van der Waals surface area contributed by atoms with E-state index in [2.05, 4.69) is 4.98 Å². The molecule has 0 aliphatic heterocycles. The molecule has 100 valence electrons. The zero-order chi connectivity index (χ0) is 14.0. The second kappa shape index (κ2) is 4.87. The quantitative estimate of drug-likeness (QED) is 0.930. The fourth-order valence-electron chi connectivity index (χ4n) is 1.73. The zero-order valence-electron chi connectivity index (χ0n) is 9.87. The summed E-state index contributed by atoms with van der Waals surface area (Å²) < 4.78 is 37.6. The lowest BCUT2D eigenvalue weighted by Crippen LogP contribution is -2.11. The van der Waals surface area contributed by atoms with Crippen LogP contribution in [0.2, 0.25) is 0 Å². The highest BCUT2D eigenvalue weighted by Crippen LogP contribution is 2.31. The van der Waals surface area contributed by atoms with Gasteiger partial charge in [-0.2, -0.15) is 13.2 Å². The van der Waals surface area contributed by atoms with Crippen molar-refractivity contribution in [3.05, 3.63) is 41.6 Å². The predicted molar refractivity (Wildman–Crippen MR) is 64.3 cm³/mol. The number of aromatic nitrogens is 1. The molecular formula is C13H11F3N2O. The molecule has 0 saturated heterocycles. The van der Waals surface area contributed by atoms with E-state index in [1.54, 1.807) is 12.1 Å². The molecule has 1 heterocycles. The summed E-state index contributed by atoms with van der Waals surface area (Å²) in [5.74, 6) is -0.436. The van der Waals surface area contributed by atoms with Gasteiger partial charge in [0, 0.05) is 17.5 Å². The van der Waals surface area contributed by atoms with Gasteiger partial charge in [0.05, 0.1) is 11.1 Å². The summed E-state index contributed by atoms with van der Waals surface area (Å²) in [6.07, 6.45) is -3.82. The summed E-state index contributed by atoms with van der Waals surface area (Å²) in [6.45, 7) is 0. The number of nitrogens with zero attached hydrogens (tertiary/aromatic N) is 1. The minimum Gasteiger partial charge on any atom is -0.370 e. The van der Waals surface area contributed by atoms with Crippen molar-refractivity contribution in [2.24, 2.45) is 5.73 Å². The van der Waals surface area contributed by atoms with Crippen molar-refractivity contribution in [1.82, 2.24) is 4.98 Å². The number of hydrogen-bond acceptors (Lipinski definition) is 2.